The average Bonchev–Trinajstić information content (AvgIpc) is 2.32. The van der Waals surface area contributed by atoms with Crippen LogP contribution >= 0.6 is 0 Å². The van der Waals surface area contributed by atoms with Gasteiger partial charge in [0, 0.05) is 18.8 Å². The maximum Gasteiger partial charge on any atom is 0.168 e. The smallest absolute Gasteiger partial charge is 0.168 e. The van der Waals surface area contributed by atoms with Crippen LogP contribution in [0.1, 0.15) is 26.7 Å². The second-order valence-corrected chi connectivity index (χ2v) is 4.33. The molecule has 0 aromatic carbocycles. The van der Waals surface area contributed by atoms with Crippen LogP contribution in [0.3, 0.4) is 0 Å². The molecule has 1 aliphatic rings. The molecule has 1 aliphatic heterocycles. The summed E-state index contributed by atoms with van der Waals surface area (Å²) in [6.45, 7) is 5.56. The van der Waals surface area contributed by atoms with Gasteiger partial charge in [0.2, 0.25) is 0 Å². The summed E-state index contributed by atoms with van der Waals surface area (Å²) in [7, 11) is 0. The van der Waals surface area contributed by atoms with Crippen molar-refractivity contribution in [1.29, 1.82) is 0 Å². The van der Waals surface area contributed by atoms with Crippen LogP contribution in [0.2, 0.25) is 0 Å². The van der Waals surface area contributed by atoms with Gasteiger partial charge < -0.3 is 14.8 Å². The molecule has 1 aromatic heterocycles. The lowest BCUT2D eigenvalue weighted by atomic mass is 10.0. The number of anilines is 1. The van der Waals surface area contributed by atoms with Gasteiger partial charge in [-0.15, -0.1) is 0 Å². The fourth-order valence-electron chi connectivity index (χ4n) is 2.09. The molecule has 2 heterocycles. The lowest BCUT2D eigenvalue weighted by Crippen LogP contribution is -2.32. The Labute approximate surface area is 102 Å². The van der Waals surface area contributed by atoms with Crippen molar-refractivity contribution >= 4 is 5.82 Å². The van der Waals surface area contributed by atoms with Gasteiger partial charge in [-0.05, 0) is 38.8 Å². The molecule has 17 heavy (non-hydrogen) atoms. The van der Waals surface area contributed by atoms with Crippen molar-refractivity contribution in [3.63, 3.8) is 0 Å². The van der Waals surface area contributed by atoms with E-state index in [1.54, 1.807) is 6.20 Å². The third-order valence-corrected chi connectivity index (χ3v) is 2.90. The van der Waals surface area contributed by atoms with Crippen LogP contribution in [0.15, 0.2) is 18.3 Å². The number of aromatic nitrogens is 1. The van der Waals surface area contributed by atoms with E-state index < -0.39 is 0 Å². The summed E-state index contributed by atoms with van der Waals surface area (Å²) in [5.74, 6) is 1.67. The number of pyridine rings is 1. The number of ether oxygens (including phenoxy) is 2. The van der Waals surface area contributed by atoms with Gasteiger partial charge in [-0.1, -0.05) is 0 Å². The molecule has 0 bridgehead atoms. The molecular weight excluding hydrogens is 216 g/mol. The highest BCUT2D eigenvalue weighted by molar-refractivity contribution is 5.50. The summed E-state index contributed by atoms with van der Waals surface area (Å²) in [5.41, 5.74) is 0. The Balaban J connectivity index is 2.01. The standard InChI is InChI=1S/C13H20N2O2/c1-3-16-12-5-4-7-14-13(12)15-11-6-8-17-10(2)9-11/h4-5,7,10-11H,3,6,8-9H2,1-2H3,(H,14,15). The topological polar surface area (TPSA) is 43.4 Å². The molecule has 1 N–H and O–H groups in total. The van der Waals surface area contributed by atoms with Crippen LogP contribution in [0.5, 0.6) is 5.75 Å². The van der Waals surface area contributed by atoms with Crippen molar-refractivity contribution in [2.45, 2.75) is 38.8 Å². The zero-order valence-corrected chi connectivity index (χ0v) is 10.5. The molecule has 2 unspecified atom stereocenters. The summed E-state index contributed by atoms with van der Waals surface area (Å²) in [4.78, 5) is 4.34. The fourth-order valence-corrected chi connectivity index (χ4v) is 2.09. The second kappa shape index (κ2) is 5.87. The highest BCUT2D eigenvalue weighted by Gasteiger charge is 2.20. The Kier molecular flexibility index (Phi) is 4.20. The number of nitrogens with one attached hydrogen (secondary N) is 1. The first-order valence-corrected chi connectivity index (χ1v) is 6.25. The van der Waals surface area contributed by atoms with Gasteiger partial charge in [-0.2, -0.15) is 0 Å². The van der Waals surface area contributed by atoms with Crippen molar-refractivity contribution < 1.29 is 9.47 Å². The van der Waals surface area contributed by atoms with Gasteiger partial charge in [0.1, 0.15) is 0 Å². The van der Waals surface area contributed by atoms with E-state index in [4.69, 9.17) is 9.47 Å². The predicted molar refractivity (Wildman–Crippen MR) is 67.5 cm³/mol. The molecule has 1 saturated heterocycles. The molecule has 0 radical (unpaired) electrons. The quantitative estimate of drug-likeness (QED) is 0.872. The van der Waals surface area contributed by atoms with Gasteiger partial charge in [-0.25, -0.2) is 4.98 Å². The van der Waals surface area contributed by atoms with E-state index in [0.29, 0.717) is 18.8 Å². The molecule has 4 heteroatoms. The molecule has 0 aliphatic carbocycles. The van der Waals surface area contributed by atoms with Gasteiger partial charge in [-0.3, -0.25) is 0 Å². The van der Waals surface area contributed by atoms with Gasteiger partial charge >= 0.3 is 0 Å². The average molecular weight is 236 g/mol. The molecule has 0 amide bonds. The predicted octanol–water partition coefficient (Wildman–Crippen LogP) is 2.46. The molecule has 2 atom stereocenters. The molecule has 1 aromatic rings. The maximum absolute atomic E-state index is 5.55. The minimum Gasteiger partial charge on any atom is -0.490 e. The van der Waals surface area contributed by atoms with Crippen LogP contribution < -0.4 is 10.1 Å². The summed E-state index contributed by atoms with van der Waals surface area (Å²) in [6, 6.07) is 4.26. The minimum absolute atomic E-state index is 0.320. The molecule has 0 saturated carbocycles. The SMILES string of the molecule is CCOc1cccnc1NC1CCOC(C)C1. The number of rotatable bonds is 4. The minimum atomic E-state index is 0.320. The van der Waals surface area contributed by atoms with Crippen molar-refractivity contribution in [2.24, 2.45) is 0 Å². The van der Waals surface area contributed by atoms with Crippen molar-refractivity contribution in [3.8, 4) is 5.75 Å². The van der Waals surface area contributed by atoms with Gasteiger partial charge in [0.25, 0.3) is 0 Å². The summed E-state index contributed by atoms with van der Waals surface area (Å²) in [5, 5.41) is 3.45. The normalized spacial score (nSPS) is 24.4. The zero-order chi connectivity index (χ0) is 12.1. The lowest BCUT2D eigenvalue weighted by molar-refractivity contribution is 0.0231. The van der Waals surface area contributed by atoms with Crippen LogP contribution in [-0.4, -0.2) is 30.3 Å². The third kappa shape index (κ3) is 3.33. The third-order valence-electron chi connectivity index (χ3n) is 2.90. The lowest BCUT2D eigenvalue weighted by Gasteiger charge is -2.28. The molecule has 94 valence electrons. The Morgan fingerprint density at radius 2 is 2.47 bits per heavy atom. The molecule has 2 rings (SSSR count). The van der Waals surface area contributed by atoms with E-state index in [1.165, 1.54) is 0 Å². The molecular formula is C13H20N2O2. The summed E-state index contributed by atoms with van der Waals surface area (Å²) < 4.78 is 11.1. The first kappa shape index (κ1) is 12.2. The Hall–Kier alpha value is -1.29. The molecule has 0 spiro atoms. The largest absolute Gasteiger partial charge is 0.490 e. The Morgan fingerprint density at radius 3 is 3.24 bits per heavy atom. The second-order valence-electron chi connectivity index (χ2n) is 4.33. The van der Waals surface area contributed by atoms with Crippen LogP contribution in [0.25, 0.3) is 0 Å². The van der Waals surface area contributed by atoms with E-state index in [0.717, 1.165) is 31.0 Å². The van der Waals surface area contributed by atoms with Crippen LogP contribution in [0.4, 0.5) is 5.82 Å². The molecule has 1 fully saturated rings. The van der Waals surface area contributed by atoms with E-state index in [2.05, 4.69) is 17.2 Å². The van der Waals surface area contributed by atoms with Crippen LogP contribution in [-0.2, 0) is 4.74 Å². The zero-order valence-electron chi connectivity index (χ0n) is 10.5. The fraction of sp³-hybridized carbons (Fsp3) is 0.615. The number of hydrogen-bond donors (Lipinski definition) is 1. The van der Waals surface area contributed by atoms with Gasteiger partial charge in [0.15, 0.2) is 11.6 Å². The van der Waals surface area contributed by atoms with Crippen molar-refractivity contribution in [3.05, 3.63) is 18.3 Å². The van der Waals surface area contributed by atoms with Gasteiger partial charge in [0.05, 0.1) is 12.7 Å². The van der Waals surface area contributed by atoms with E-state index >= 15 is 0 Å². The van der Waals surface area contributed by atoms with Crippen molar-refractivity contribution in [2.75, 3.05) is 18.5 Å². The Bertz CT molecular complexity index is 357. The highest BCUT2D eigenvalue weighted by atomic mass is 16.5. The van der Waals surface area contributed by atoms with E-state index in [1.807, 2.05) is 19.1 Å². The highest BCUT2D eigenvalue weighted by Crippen LogP contribution is 2.24. The summed E-state index contributed by atoms with van der Waals surface area (Å²) >= 11 is 0. The first-order chi connectivity index (χ1) is 8.29. The molecule has 4 nitrogen and oxygen atoms in total. The number of nitrogens with zero attached hydrogens (tertiary/aromatic N) is 1. The van der Waals surface area contributed by atoms with Crippen LogP contribution in [0, 0.1) is 0 Å². The monoisotopic (exact) mass is 236 g/mol. The van der Waals surface area contributed by atoms with E-state index in [9.17, 15) is 0 Å². The first-order valence-electron chi connectivity index (χ1n) is 6.25. The van der Waals surface area contributed by atoms with Crippen molar-refractivity contribution in [1.82, 2.24) is 4.98 Å². The van der Waals surface area contributed by atoms with E-state index in [-0.39, 0.29) is 0 Å². The number of hydrogen-bond acceptors (Lipinski definition) is 4. The maximum atomic E-state index is 5.55. The Morgan fingerprint density at radius 1 is 1.59 bits per heavy atom. The summed E-state index contributed by atoms with van der Waals surface area (Å²) in [6.07, 6.45) is 4.14.